The molecule has 2 fully saturated rings. The molecule has 2 saturated heterocycles. The van der Waals surface area contributed by atoms with E-state index in [0.717, 1.165) is 27.7 Å². The summed E-state index contributed by atoms with van der Waals surface area (Å²) in [6.45, 7) is 4.72. The molecule has 3 aromatic heterocycles. The summed E-state index contributed by atoms with van der Waals surface area (Å²) in [4.78, 5) is 13.3. The number of nitrogens with two attached hydrogens (primary N) is 1. The Bertz CT molecular complexity index is 1730. The highest BCUT2D eigenvalue weighted by atomic mass is 35.5. The number of nitrogens with one attached hydrogen (secondary N) is 1. The van der Waals surface area contributed by atoms with E-state index in [1.54, 1.807) is 0 Å². The van der Waals surface area contributed by atoms with Crippen LogP contribution in [0.5, 0.6) is 5.75 Å². The second kappa shape index (κ2) is 10.1. The molecule has 210 valence electrons. The molecular weight excluding hydrogens is 544 g/mol. The molecule has 0 saturated carbocycles. The lowest BCUT2D eigenvalue weighted by atomic mass is 10.1. The number of aromatic nitrogens is 4. The molecule has 41 heavy (non-hydrogen) atoms. The molecular formula is C30H29ClN6O4. The maximum Gasteiger partial charge on any atom is 0.164 e. The van der Waals surface area contributed by atoms with Crippen molar-refractivity contribution in [3.63, 3.8) is 0 Å². The van der Waals surface area contributed by atoms with Crippen LogP contribution in [0.15, 0.2) is 73.2 Å². The highest BCUT2D eigenvalue weighted by Gasteiger charge is 2.56. The van der Waals surface area contributed by atoms with Crippen molar-refractivity contribution in [3.05, 3.63) is 83.8 Å². The molecule has 0 radical (unpaired) electrons. The van der Waals surface area contributed by atoms with Crippen molar-refractivity contribution < 1.29 is 18.9 Å². The van der Waals surface area contributed by atoms with Crippen LogP contribution in [0, 0.1) is 0 Å². The molecule has 0 aliphatic carbocycles. The standard InChI is InChI=1S/C30H29ClN6O4/c1-30(2)40-25-23(39-29(26(25)41-30)37-12-11-21-27(32)34-16-35-28(21)37)15-38-20-9-5-18-6-10-24(36-22(18)13-20)33-14-17-3-7-19(31)8-4-17/h3-13,16,23,25-26,29H,14-15H2,1-2H3,(H,33,36)(H2,32,34,35)/t23-,25-,26-,29-/m1/s1. The van der Waals surface area contributed by atoms with E-state index in [1.807, 2.05) is 85.3 Å². The average Bonchev–Trinajstić information content (AvgIpc) is 3.62. The van der Waals surface area contributed by atoms with Crippen LogP contribution in [0.2, 0.25) is 5.02 Å². The summed E-state index contributed by atoms with van der Waals surface area (Å²) in [7, 11) is 0. The molecule has 11 heteroatoms. The number of halogens is 1. The van der Waals surface area contributed by atoms with Gasteiger partial charge in [-0.05, 0) is 61.9 Å². The lowest BCUT2D eigenvalue weighted by Gasteiger charge is -2.25. The van der Waals surface area contributed by atoms with Crippen molar-refractivity contribution in [2.45, 2.75) is 50.7 Å². The maximum absolute atomic E-state index is 6.48. The zero-order valence-corrected chi connectivity index (χ0v) is 23.3. The Balaban J connectivity index is 1.08. The number of hydrogen-bond donors (Lipinski definition) is 2. The summed E-state index contributed by atoms with van der Waals surface area (Å²) in [6.07, 6.45) is 1.83. The van der Waals surface area contributed by atoms with Gasteiger partial charge in [0.2, 0.25) is 0 Å². The third-order valence-electron chi connectivity index (χ3n) is 7.40. The first-order valence-electron chi connectivity index (χ1n) is 13.4. The van der Waals surface area contributed by atoms with E-state index in [2.05, 4.69) is 15.3 Å². The topological polar surface area (TPSA) is 119 Å². The summed E-state index contributed by atoms with van der Waals surface area (Å²) < 4.78 is 27.2. The molecule has 2 aliphatic heterocycles. The number of fused-ring (bicyclic) bond motifs is 3. The molecule has 0 spiro atoms. The van der Waals surface area contributed by atoms with Crippen LogP contribution in [0.25, 0.3) is 21.9 Å². The smallest absolute Gasteiger partial charge is 0.164 e. The summed E-state index contributed by atoms with van der Waals surface area (Å²) in [6, 6.07) is 19.5. The first-order chi connectivity index (χ1) is 19.8. The molecule has 4 atom stereocenters. The highest BCUT2D eigenvalue weighted by Crippen LogP contribution is 2.44. The molecule has 2 aromatic carbocycles. The van der Waals surface area contributed by atoms with Crippen molar-refractivity contribution in [3.8, 4) is 5.75 Å². The van der Waals surface area contributed by atoms with E-state index < -0.39 is 12.0 Å². The van der Waals surface area contributed by atoms with Gasteiger partial charge in [-0.15, -0.1) is 0 Å². The van der Waals surface area contributed by atoms with Gasteiger partial charge in [0, 0.05) is 29.2 Å². The number of nitrogen functional groups attached to an aromatic ring is 1. The van der Waals surface area contributed by atoms with Crippen molar-refractivity contribution >= 4 is 45.2 Å². The molecule has 0 amide bonds. The van der Waals surface area contributed by atoms with Gasteiger partial charge in [-0.2, -0.15) is 0 Å². The largest absolute Gasteiger partial charge is 0.491 e. The Morgan fingerprint density at radius 3 is 2.68 bits per heavy atom. The number of ether oxygens (including phenoxy) is 4. The zero-order valence-electron chi connectivity index (χ0n) is 22.5. The first-order valence-corrected chi connectivity index (χ1v) is 13.8. The number of anilines is 2. The Hall–Kier alpha value is -3.96. The summed E-state index contributed by atoms with van der Waals surface area (Å²) in [5.41, 5.74) is 8.68. The monoisotopic (exact) mass is 572 g/mol. The number of nitrogens with zero attached hydrogens (tertiary/aromatic N) is 4. The quantitative estimate of drug-likeness (QED) is 0.267. The summed E-state index contributed by atoms with van der Waals surface area (Å²) in [5.74, 6) is 1.12. The van der Waals surface area contributed by atoms with Crippen molar-refractivity contribution in [2.75, 3.05) is 17.7 Å². The third-order valence-corrected chi connectivity index (χ3v) is 7.66. The lowest BCUT2D eigenvalue weighted by Crippen LogP contribution is -2.33. The summed E-state index contributed by atoms with van der Waals surface area (Å²) in [5, 5.41) is 5.86. The van der Waals surface area contributed by atoms with Gasteiger partial charge >= 0.3 is 0 Å². The van der Waals surface area contributed by atoms with E-state index in [-0.39, 0.29) is 24.9 Å². The zero-order chi connectivity index (χ0) is 28.1. The lowest BCUT2D eigenvalue weighted by molar-refractivity contribution is -0.198. The Morgan fingerprint density at radius 2 is 1.83 bits per heavy atom. The minimum atomic E-state index is -0.755. The molecule has 0 unspecified atom stereocenters. The van der Waals surface area contributed by atoms with E-state index in [9.17, 15) is 0 Å². The Labute approximate surface area is 241 Å². The highest BCUT2D eigenvalue weighted by molar-refractivity contribution is 6.30. The van der Waals surface area contributed by atoms with Gasteiger partial charge in [0.15, 0.2) is 12.0 Å². The molecule has 0 bridgehead atoms. The van der Waals surface area contributed by atoms with Crippen molar-refractivity contribution in [1.29, 1.82) is 0 Å². The predicted octanol–water partition coefficient (Wildman–Crippen LogP) is 5.32. The number of rotatable bonds is 7. The molecule has 10 nitrogen and oxygen atoms in total. The molecule has 3 N–H and O–H groups in total. The van der Waals surface area contributed by atoms with Crippen LogP contribution >= 0.6 is 11.6 Å². The fourth-order valence-corrected chi connectivity index (χ4v) is 5.60. The van der Waals surface area contributed by atoms with E-state index in [4.69, 9.17) is 41.3 Å². The van der Waals surface area contributed by atoms with Gasteiger partial charge in [-0.25, -0.2) is 15.0 Å². The Kier molecular flexibility index (Phi) is 6.43. The minimum Gasteiger partial charge on any atom is -0.491 e. The van der Waals surface area contributed by atoms with E-state index >= 15 is 0 Å². The van der Waals surface area contributed by atoms with E-state index in [0.29, 0.717) is 28.8 Å². The van der Waals surface area contributed by atoms with Crippen LogP contribution in [-0.2, 0) is 20.8 Å². The van der Waals surface area contributed by atoms with Crippen molar-refractivity contribution in [2.24, 2.45) is 0 Å². The van der Waals surface area contributed by atoms with Gasteiger partial charge in [0.05, 0.1) is 10.9 Å². The first kappa shape index (κ1) is 26.0. The minimum absolute atomic E-state index is 0.271. The number of hydrogen-bond acceptors (Lipinski definition) is 9. The van der Waals surface area contributed by atoms with Gasteiger partial charge in [-0.1, -0.05) is 23.7 Å². The van der Waals surface area contributed by atoms with Gasteiger partial charge in [-0.3, -0.25) is 0 Å². The summed E-state index contributed by atoms with van der Waals surface area (Å²) >= 11 is 6.00. The molecule has 7 rings (SSSR count). The SMILES string of the molecule is CC1(C)O[C@@H]2[C@H](O1)[C@@H](COc1ccc3ccc(NCc4ccc(Cl)cc4)nc3c1)O[C@H]2n1ccc2c(N)ncnc21. The number of pyridine rings is 1. The van der Waals surface area contributed by atoms with Crippen LogP contribution < -0.4 is 15.8 Å². The van der Waals surface area contributed by atoms with Gasteiger partial charge < -0.3 is 34.6 Å². The second-order valence-electron chi connectivity index (χ2n) is 10.7. The van der Waals surface area contributed by atoms with Crippen molar-refractivity contribution in [1.82, 2.24) is 19.5 Å². The van der Waals surface area contributed by atoms with Gasteiger partial charge in [0.25, 0.3) is 0 Å². The molecule has 2 aliphatic rings. The maximum atomic E-state index is 6.48. The Morgan fingerprint density at radius 1 is 1.02 bits per heavy atom. The average molecular weight is 573 g/mol. The normalized spacial score (nSPS) is 23.2. The number of benzene rings is 2. The van der Waals surface area contributed by atoms with Crippen LogP contribution in [0.1, 0.15) is 25.6 Å². The second-order valence-corrected chi connectivity index (χ2v) is 11.1. The van der Waals surface area contributed by atoms with Crippen LogP contribution in [0.3, 0.4) is 0 Å². The third kappa shape index (κ3) is 5.04. The fourth-order valence-electron chi connectivity index (χ4n) is 5.47. The van der Waals surface area contributed by atoms with Crippen LogP contribution in [-0.4, -0.2) is 50.2 Å². The van der Waals surface area contributed by atoms with E-state index in [1.165, 1.54) is 6.33 Å². The predicted molar refractivity (Wildman–Crippen MR) is 156 cm³/mol. The van der Waals surface area contributed by atoms with Gasteiger partial charge in [0.1, 0.15) is 54.3 Å². The van der Waals surface area contributed by atoms with Crippen LogP contribution in [0.4, 0.5) is 11.6 Å². The molecule has 5 aromatic rings. The molecule has 5 heterocycles. The fraction of sp³-hybridized carbons (Fsp3) is 0.300.